The van der Waals surface area contributed by atoms with E-state index in [1.807, 2.05) is 7.05 Å². The molecule has 3 rings (SSSR count). The minimum Gasteiger partial charge on any atom is -0.484 e. The fourth-order valence-corrected chi connectivity index (χ4v) is 4.05. The van der Waals surface area contributed by atoms with Crippen LogP contribution in [0.25, 0.3) is 0 Å². The summed E-state index contributed by atoms with van der Waals surface area (Å²) in [5.74, 6) is 3.23. The molecule has 0 radical (unpaired) electrons. The second-order valence-electron chi connectivity index (χ2n) is 8.04. The van der Waals surface area contributed by atoms with E-state index in [1.54, 1.807) is 7.11 Å². The van der Waals surface area contributed by atoms with Gasteiger partial charge in [-0.3, -0.25) is 9.98 Å². The number of dihydropyridines is 2. The topological polar surface area (TPSA) is 61.6 Å². The number of hydrogen-bond donors (Lipinski definition) is 1. The lowest BCUT2D eigenvalue weighted by molar-refractivity contribution is 0.389. The Morgan fingerprint density at radius 2 is 1.96 bits per heavy atom. The first-order chi connectivity index (χ1) is 13.3. The highest BCUT2D eigenvalue weighted by Gasteiger charge is 2.33. The van der Waals surface area contributed by atoms with Gasteiger partial charge in [0.05, 0.1) is 19.2 Å². The van der Waals surface area contributed by atoms with Crippen molar-refractivity contribution in [3.63, 3.8) is 0 Å². The maximum absolute atomic E-state index is 5.47. The number of aliphatic imine (C=N–C) groups is 3. The second-order valence-corrected chi connectivity index (χ2v) is 8.04. The van der Waals surface area contributed by atoms with E-state index in [-0.39, 0.29) is 12.1 Å². The van der Waals surface area contributed by atoms with Gasteiger partial charge in [0.15, 0.2) is 5.90 Å². The molecular weight excluding hydrogens is 350 g/mol. The molecule has 0 amide bonds. The maximum Gasteiger partial charge on any atom is 0.187 e. The van der Waals surface area contributed by atoms with Crippen molar-refractivity contribution in [1.82, 2.24) is 10.2 Å². The molecule has 6 heteroatoms. The van der Waals surface area contributed by atoms with Crippen molar-refractivity contribution in [2.45, 2.75) is 45.7 Å². The third-order valence-corrected chi connectivity index (χ3v) is 5.95. The van der Waals surface area contributed by atoms with Crippen molar-refractivity contribution in [3.05, 3.63) is 34.4 Å². The molecule has 3 heterocycles. The van der Waals surface area contributed by atoms with Gasteiger partial charge in [-0.05, 0) is 48.1 Å². The highest BCUT2D eigenvalue weighted by atomic mass is 16.5. The van der Waals surface area contributed by atoms with E-state index < -0.39 is 0 Å². The van der Waals surface area contributed by atoms with Crippen molar-refractivity contribution in [3.8, 4) is 0 Å². The first-order valence-electron chi connectivity index (χ1n) is 9.98. The summed E-state index contributed by atoms with van der Waals surface area (Å²) in [4.78, 5) is 16.6. The molecule has 0 aromatic heterocycles. The molecule has 0 aromatic carbocycles. The molecule has 0 spiro atoms. The summed E-state index contributed by atoms with van der Waals surface area (Å²) >= 11 is 0. The molecule has 0 bridgehead atoms. The number of ether oxygens (including phenoxy) is 1. The average molecular weight is 384 g/mol. The SMILES string of the molecule is CN=C1C=C(C2N=C(N(C)C)CC(C3N=C(OC)CC=C3C)=C2C)C(C)CN1. The third kappa shape index (κ3) is 3.91. The van der Waals surface area contributed by atoms with E-state index in [0.29, 0.717) is 5.92 Å². The Balaban J connectivity index is 2.09. The molecule has 3 atom stereocenters. The molecule has 28 heavy (non-hydrogen) atoms. The van der Waals surface area contributed by atoms with Crippen LogP contribution in [-0.4, -0.2) is 69.4 Å². The summed E-state index contributed by atoms with van der Waals surface area (Å²) in [6.45, 7) is 7.53. The van der Waals surface area contributed by atoms with Crippen LogP contribution in [0.5, 0.6) is 0 Å². The Morgan fingerprint density at radius 3 is 2.61 bits per heavy atom. The van der Waals surface area contributed by atoms with E-state index in [0.717, 1.165) is 37.0 Å². The van der Waals surface area contributed by atoms with E-state index in [4.69, 9.17) is 14.7 Å². The molecule has 3 unspecified atom stereocenters. The van der Waals surface area contributed by atoms with Crippen molar-refractivity contribution in [2.24, 2.45) is 20.9 Å². The van der Waals surface area contributed by atoms with Crippen LogP contribution in [0.3, 0.4) is 0 Å². The van der Waals surface area contributed by atoms with Crippen LogP contribution in [0.2, 0.25) is 0 Å². The number of hydrogen-bond acceptors (Lipinski definition) is 5. The predicted molar refractivity (Wildman–Crippen MR) is 117 cm³/mol. The Morgan fingerprint density at radius 1 is 1.21 bits per heavy atom. The Kier molecular flexibility index (Phi) is 6.06. The van der Waals surface area contributed by atoms with Crippen molar-refractivity contribution >= 4 is 17.6 Å². The van der Waals surface area contributed by atoms with Gasteiger partial charge in [0.2, 0.25) is 0 Å². The normalized spacial score (nSPS) is 29.5. The lowest BCUT2D eigenvalue weighted by atomic mass is 9.81. The minimum absolute atomic E-state index is 0.0333. The maximum atomic E-state index is 5.47. The standard InChI is InChI=1S/C22H33N5O/c1-13-8-9-20(28-7)26-21(13)17-11-19(27(5)6)25-22(15(17)3)16-10-18(23-4)24-12-14(16)2/h8,10,14,21-22H,9,11-12H2,1-7H3,(H,23,24). The quantitative estimate of drug-likeness (QED) is 0.746. The Labute approximate surface area is 168 Å². The zero-order valence-corrected chi connectivity index (χ0v) is 18.2. The molecule has 0 fully saturated rings. The molecular formula is C22H33N5O. The third-order valence-electron chi connectivity index (χ3n) is 5.95. The van der Waals surface area contributed by atoms with Gasteiger partial charge in [-0.15, -0.1) is 0 Å². The number of nitrogens with one attached hydrogen (secondary N) is 1. The summed E-state index contributed by atoms with van der Waals surface area (Å²) < 4.78 is 5.47. The molecule has 0 saturated heterocycles. The Hall–Kier alpha value is -2.37. The summed E-state index contributed by atoms with van der Waals surface area (Å²) in [6.07, 6.45) is 6.00. The van der Waals surface area contributed by atoms with Crippen LogP contribution >= 0.6 is 0 Å². The zero-order valence-electron chi connectivity index (χ0n) is 18.2. The van der Waals surface area contributed by atoms with E-state index in [1.165, 1.54) is 22.3 Å². The molecule has 3 aliphatic rings. The fraction of sp³-hybridized carbons (Fsp3) is 0.591. The Bertz CT molecular complexity index is 813. The number of rotatable bonds is 2. The van der Waals surface area contributed by atoms with Crippen LogP contribution in [0.1, 0.15) is 33.6 Å². The van der Waals surface area contributed by atoms with Crippen LogP contribution in [0.4, 0.5) is 0 Å². The van der Waals surface area contributed by atoms with E-state index >= 15 is 0 Å². The van der Waals surface area contributed by atoms with Gasteiger partial charge in [-0.2, -0.15) is 0 Å². The summed E-state index contributed by atoms with van der Waals surface area (Å²) in [6, 6.07) is 0.0690. The molecule has 0 aliphatic carbocycles. The smallest absolute Gasteiger partial charge is 0.187 e. The van der Waals surface area contributed by atoms with Gasteiger partial charge in [0.25, 0.3) is 0 Å². The van der Waals surface area contributed by atoms with Crippen LogP contribution in [-0.2, 0) is 4.74 Å². The molecule has 152 valence electrons. The highest BCUT2D eigenvalue weighted by molar-refractivity contribution is 5.95. The average Bonchev–Trinajstić information content (AvgIpc) is 2.69. The van der Waals surface area contributed by atoms with Gasteiger partial charge in [0, 0.05) is 40.5 Å². The summed E-state index contributed by atoms with van der Waals surface area (Å²) in [5, 5.41) is 3.38. The zero-order chi connectivity index (χ0) is 20.4. The van der Waals surface area contributed by atoms with Crippen molar-refractivity contribution < 1.29 is 4.74 Å². The van der Waals surface area contributed by atoms with Gasteiger partial charge >= 0.3 is 0 Å². The minimum atomic E-state index is 0.0333. The van der Waals surface area contributed by atoms with Gasteiger partial charge in [0.1, 0.15) is 11.7 Å². The van der Waals surface area contributed by atoms with E-state index in [9.17, 15) is 0 Å². The first-order valence-corrected chi connectivity index (χ1v) is 9.98. The number of nitrogens with zero attached hydrogens (tertiary/aromatic N) is 4. The number of methoxy groups -OCH3 is 1. The molecule has 0 saturated carbocycles. The molecule has 6 nitrogen and oxygen atoms in total. The van der Waals surface area contributed by atoms with Gasteiger partial charge in [-0.1, -0.05) is 13.0 Å². The van der Waals surface area contributed by atoms with Crippen LogP contribution in [0, 0.1) is 5.92 Å². The molecule has 1 N–H and O–H groups in total. The van der Waals surface area contributed by atoms with Crippen LogP contribution < -0.4 is 5.32 Å². The van der Waals surface area contributed by atoms with Crippen molar-refractivity contribution in [1.29, 1.82) is 0 Å². The first kappa shape index (κ1) is 20.4. The lowest BCUT2D eigenvalue weighted by Crippen LogP contribution is -2.39. The fourth-order valence-electron chi connectivity index (χ4n) is 4.05. The monoisotopic (exact) mass is 383 g/mol. The molecule has 3 aliphatic heterocycles. The van der Waals surface area contributed by atoms with Gasteiger partial charge < -0.3 is 15.0 Å². The van der Waals surface area contributed by atoms with Crippen LogP contribution in [0.15, 0.2) is 49.4 Å². The van der Waals surface area contributed by atoms with Crippen molar-refractivity contribution in [2.75, 3.05) is 34.8 Å². The second kappa shape index (κ2) is 8.33. The summed E-state index contributed by atoms with van der Waals surface area (Å²) in [5.41, 5.74) is 5.26. The lowest BCUT2D eigenvalue weighted by Gasteiger charge is -2.36. The predicted octanol–water partition coefficient (Wildman–Crippen LogP) is 2.99. The number of amidine groups is 2. The van der Waals surface area contributed by atoms with Gasteiger partial charge in [-0.25, -0.2) is 4.99 Å². The highest BCUT2D eigenvalue weighted by Crippen LogP contribution is 2.36. The largest absolute Gasteiger partial charge is 0.484 e. The molecule has 0 aromatic rings. The van der Waals surface area contributed by atoms with E-state index in [2.05, 4.69) is 62.2 Å². The summed E-state index contributed by atoms with van der Waals surface area (Å²) in [7, 11) is 7.67.